The quantitative estimate of drug-likeness (QED) is 0.164. The van der Waals surface area contributed by atoms with Gasteiger partial charge in [-0.2, -0.15) is 5.10 Å². The average molecular weight is 465 g/mol. The van der Waals surface area contributed by atoms with E-state index in [4.69, 9.17) is 9.47 Å². The second-order valence-electron chi connectivity index (χ2n) is 7.80. The normalized spacial score (nSPS) is 10.7. The van der Waals surface area contributed by atoms with Gasteiger partial charge in [-0.25, -0.2) is 10.2 Å². The van der Waals surface area contributed by atoms with Crippen molar-refractivity contribution in [3.05, 3.63) is 120 Å². The Labute approximate surface area is 203 Å². The summed E-state index contributed by atoms with van der Waals surface area (Å²) in [6.45, 7) is 1.76. The van der Waals surface area contributed by atoms with Crippen LogP contribution in [0.5, 0.6) is 11.5 Å². The van der Waals surface area contributed by atoms with Crippen molar-refractivity contribution in [2.45, 2.75) is 6.92 Å². The molecular formula is C29H24N2O4. The zero-order valence-corrected chi connectivity index (χ0v) is 19.2. The van der Waals surface area contributed by atoms with Gasteiger partial charge in [0.15, 0.2) is 6.61 Å². The summed E-state index contributed by atoms with van der Waals surface area (Å²) in [6, 6.07) is 31.6. The number of hydrogen-bond donors (Lipinski definition) is 1. The number of esters is 1. The highest BCUT2D eigenvalue weighted by molar-refractivity contribution is 5.91. The van der Waals surface area contributed by atoms with Gasteiger partial charge in [-0.15, -0.1) is 0 Å². The number of carbonyl (C=O) groups is 2. The lowest BCUT2D eigenvalue weighted by atomic mass is 10.1. The van der Waals surface area contributed by atoms with E-state index in [-0.39, 0.29) is 12.5 Å². The van der Waals surface area contributed by atoms with Crippen molar-refractivity contribution in [2.75, 3.05) is 6.61 Å². The monoisotopic (exact) mass is 464 g/mol. The summed E-state index contributed by atoms with van der Waals surface area (Å²) in [5, 5.41) is 3.94. The third-order valence-corrected chi connectivity index (χ3v) is 5.08. The molecule has 0 unspecified atom stereocenters. The maximum absolute atomic E-state index is 12.2. The summed E-state index contributed by atoms with van der Waals surface area (Å²) in [6.07, 6.45) is 1.50. The number of amides is 1. The molecule has 0 aliphatic rings. The van der Waals surface area contributed by atoms with Crippen molar-refractivity contribution in [1.29, 1.82) is 0 Å². The second-order valence-corrected chi connectivity index (χ2v) is 7.80. The van der Waals surface area contributed by atoms with Crippen LogP contribution < -0.4 is 14.9 Å². The number of benzene rings is 4. The van der Waals surface area contributed by atoms with Crippen molar-refractivity contribution in [2.24, 2.45) is 5.10 Å². The Hall–Kier alpha value is -4.71. The third-order valence-electron chi connectivity index (χ3n) is 5.08. The molecule has 4 aromatic rings. The first-order chi connectivity index (χ1) is 17.1. The maximum Gasteiger partial charge on any atom is 0.343 e. The van der Waals surface area contributed by atoms with Gasteiger partial charge in [-0.1, -0.05) is 60.2 Å². The molecular weight excluding hydrogens is 440 g/mol. The van der Waals surface area contributed by atoms with Gasteiger partial charge < -0.3 is 9.47 Å². The molecule has 4 aromatic carbocycles. The van der Waals surface area contributed by atoms with Crippen LogP contribution in [0.25, 0.3) is 11.1 Å². The van der Waals surface area contributed by atoms with E-state index in [1.54, 1.807) is 36.4 Å². The van der Waals surface area contributed by atoms with Gasteiger partial charge in [-0.3, -0.25) is 4.79 Å². The molecule has 0 heterocycles. The minimum Gasteiger partial charge on any atom is -0.484 e. The number of carbonyl (C=O) groups excluding carboxylic acids is 2. The second kappa shape index (κ2) is 11.4. The van der Waals surface area contributed by atoms with Gasteiger partial charge >= 0.3 is 5.97 Å². The molecule has 0 aromatic heterocycles. The largest absolute Gasteiger partial charge is 0.484 e. The molecule has 174 valence electrons. The van der Waals surface area contributed by atoms with Crippen molar-refractivity contribution < 1.29 is 19.1 Å². The number of nitrogens with one attached hydrogen (secondary N) is 1. The molecule has 0 spiro atoms. The Kier molecular flexibility index (Phi) is 7.66. The topological polar surface area (TPSA) is 77.0 Å². The van der Waals surface area contributed by atoms with Crippen molar-refractivity contribution in [3.8, 4) is 22.6 Å². The molecule has 1 N–H and O–H groups in total. The van der Waals surface area contributed by atoms with Crippen LogP contribution >= 0.6 is 0 Å². The van der Waals surface area contributed by atoms with Crippen LogP contribution in [0.1, 0.15) is 21.5 Å². The van der Waals surface area contributed by atoms with Crippen LogP contribution in [0.4, 0.5) is 0 Å². The molecule has 0 bridgehead atoms. The Morgan fingerprint density at radius 3 is 2.20 bits per heavy atom. The molecule has 0 aliphatic heterocycles. The molecule has 4 rings (SSSR count). The van der Waals surface area contributed by atoms with E-state index >= 15 is 0 Å². The number of nitrogens with zero attached hydrogens (tertiary/aromatic N) is 1. The van der Waals surface area contributed by atoms with Crippen LogP contribution in [-0.4, -0.2) is 24.7 Å². The number of aryl methyl sites for hydroxylation is 1. The van der Waals surface area contributed by atoms with Gasteiger partial charge in [0.1, 0.15) is 11.5 Å². The first kappa shape index (κ1) is 23.4. The fourth-order valence-corrected chi connectivity index (χ4v) is 3.29. The highest BCUT2D eigenvalue weighted by Gasteiger charge is 2.08. The Balaban J connectivity index is 1.22. The minimum atomic E-state index is -0.419. The first-order valence-corrected chi connectivity index (χ1v) is 11.1. The van der Waals surface area contributed by atoms with E-state index in [1.807, 2.05) is 73.7 Å². The molecule has 0 atom stereocenters. The van der Waals surface area contributed by atoms with E-state index in [2.05, 4.69) is 10.5 Å². The maximum atomic E-state index is 12.2. The average Bonchev–Trinajstić information content (AvgIpc) is 2.89. The highest BCUT2D eigenvalue weighted by Crippen LogP contribution is 2.22. The lowest BCUT2D eigenvalue weighted by molar-refractivity contribution is -0.123. The van der Waals surface area contributed by atoms with Gasteiger partial charge in [0.05, 0.1) is 11.8 Å². The van der Waals surface area contributed by atoms with Gasteiger partial charge in [0.25, 0.3) is 5.91 Å². The minimum absolute atomic E-state index is 0.157. The van der Waals surface area contributed by atoms with E-state index in [1.165, 1.54) is 6.21 Å². The summed E-state index contributed by atoms with van der Waals surface area (Å²) in [4.78, 5) is 24.3. The number of ether oxygens (including phenoxy) is 2. The number of rotatable bonds is 8. The third kappa shape index (κ3) is 6.88. The molecule has 35 heavy (non-hydrogen) atoms. The fraction of sp³-hybridized carbons (Fsp3) is 0.0690. The molecule has 6 nitrogen and oxygen atoms in total. The van der Waals surface area contributed by atoms with Crippen LogP contribution in [0.15, 0.2) is 108 Å². The van der Waals surface area contributed by atoms with Crippen LogP contribution in [0.2, 0.25) is 0 Å². The van der Waals surface area contributed by atoms with E-state index in [9.17, 15) is 9.59 Å². The smallest absolute Gasteiger partial charge is 0.343 e. The molecule has 0 radical (unpaired) electrons. The summed E-state index contributed by atoms with van der Waals surface area (Å²) in [7, 11) is 0. The zero-order chi connectivity index (χ0) is 24.5. The molecule has 0 aliphatic carbocycles. The SMILES string of the molecule is Cc1cccc(C(=O)Oc2ccc(/C=N/NC(=O)COc3ccc(-c4ccccc4)cc3)cc2)c1. The highest BCUT2D eigenvalue weighted by atomic mass is 16.5. The van der Waals surface area contributed by atoms with Gasteiger partial charge in [0, 0.05) is 0 Å². The summed E-state index contributed by atoms with van der Waals surface area (Å²) in [5.74, 6) is 0.221. The predicted octanol–water partition coefficient (Wildman–Crippen LogP) is 5.41. The molecule has 0 saturated carbocycles. The lowest BCUT2D eigenvalue weighted by Gasteiger charge is -2.07. The van der Waals surface area contributed by atoms with Crippen LogP contribution in [-0.2, 0) is 4.79 Å². The number of hydrogen-bond acceptors (Lipinski definition) is 5. The van der Waals surface area contributed by atoms with Crippen molar-refractivity contribution >= 4 is 18.1 Å². The van der Waals surface area contributed by atoms with Crippen LogP contribution in [0.3, 0.4) is 0 Å². The van der Waals surface area contributed by atoms with E-state index in [0.717, 1.165) is 22.3 Å². The molecule has 1 amide bonds. The summed E-state index contributed by atoms with van der Waals surface area (Å²) < 4.78 is 10.9. The van der Waals surface area contributed by atoms with Crippen molar-refractivity contribution in [3.63, 3.8) is 0 Å². The standard InChI is InChI=1S/C29H24N2O4/c1-21-6-5-9-25(18-21)29(33)35-27-14-10-22(11-15-27)19-30-31-28(32)20-34-26-16-12-24(13-17-26)23-7-3-2-4-8-23/h2-19H,20H2,1H3,(H,31,32)/b30-19+. The van der Waals surface area contributed by atoms with Crippen molar-refractivity contribution in [1.82, 2.24) is 5.43 Å². The zero-order valence-electron chi connectivity index (χ0n) is 19.2. The Morgan fingerprint density at radius 1 is 0.800 bits per heavy atom. The molecule has 0 saturated heterocycles. The first-order valence-electron chi connectivity index (χ1n) is 11.1. The Morgan fingerprint density at radius 2 is 1.49 bits per heavy atom. The van der Waals surface area contributed by atoms with Gasteiger partial charge in [-0.05, 0) is 72.1 Å². The summed E-state index contributed by atoms with van der Waals surface area (Å²) >= 11 is 0. The summed E-state index contributed by atoms with van der Waals surface area (Å²) in [5.41, 5.74) is 6.83. The number of hydrazone groups is 1. The predicted molar refractivity (Wildman–Crippen MR) is 136 cm³/mol. The van der Waals surface area contributed by atoms with Crippen LogP contribution in [0, 0.1) is 6.92 Å². The fourth-order valence-electron chi connectivity index (χ4n) is 3.29. The Bertz CT molecular complexity index is 1320. The van der Waals surface area contributed by atoms with E-state index < -0.39 is 5.97 Å². The molecule has 0 fully saturated rings. The van der Waals surface area contributed by atoms with Gasteiger partial charge in [0.2, 0.25) is 0 Å². The lowest BCUT2D eigenvalue weighted by Crippen LogP contribution is -2.24. The molecule has 6 heteroatoms. The van der Waals surface area contributed by atoms with E-state index in [0.29, 0.717) is 17.1 Å².